The van der Waals surface area contributed by atoms with Gasteiger partial charge in [0.25, 0.3) is 11.6 Å². The summed E-state index contributed by atoms with van der Waals surface area (Å²) in [5.74, 6) is 0.595. The van der Waals surface area contributed by atoms with Crippen LogP contribution in [0.3, 0.4) is 0 Å². The second kappa shape index (κ2) is 8.07. The van der Waals surface area contributed by atoms with Crippen molar-refractivity contribution in [3.8, 4) is 5.75 Å². The molecule has 2 aromatic rings. The van der Waals surface area contributed by atoms with Crippen molar-refractivity contribution in [2.45, 2.75) is 20.0 Å². The number of hydrogen-bond acceptors (Lipinski definition) is 5. The van der Waals surface area contributed by atoms with Crippen LogP contribution in [0.15, 0.2) is 48.5 Å². The summed E-state index contributed by atoms with van der Waals surface area (Å²) in [5.41, 5.74) is 1.82. The van der Waals surface area contributed by atoms with E-state index in [1.54, 1.807) is 30.0 Å². The average Bonchev–Trinajstić information content (AvgIpc) is 2.69. The van der Waals surface area contributed by atoms with Gasteiger partial charge in [0, 0.05) is 32.2 Å². The maximum Gasteiger partial charge on any atom is 0.292 e. The number of para-hydroxylation sites is 2. The molecule has 0 bridgehead atoms. The number of hydrogen-bond donors (Lipinski definition) is 0. The number of nitrogens with zero attached hydrogens (tertiary/aromatic N) is 3. The van der Waals surface area contributed by atoms with Crippen LogP contribution < -0.4 is 9.64 Å². The molecule has 3 rings (SSSR count). The Labute approximate surface area is 158 Å². The topological polar surface area (TPSA) is 75.9 Å². The zero-order valence-corrected chi connectivity index (χ0v) is 15.5. The highest BCUT2D eigenvalue weighted by atomic mass is 16.6. The molecule has 1 aliphatic heterocycles. The zero-order chi connectivity index (χ0) is 19.4. The highest BCUT2D eigenvalue weighted by molar-refractivity contribution is 5.81. The molecule has 1 saturated heterocycles. The molecule has 0 aromatic heterocycles. The Kier molecular flexibility index (Phi) is 5.59. The minimum Gasteiger partial charge on any atom is -0.481 e. The van der Waals surface area contributed by atoms with Crippen molar-refractivity contribution >= 4 is 17.3 Å². The molecule has 7 heteroatoms. The third-order valence-electron chi connectivity index (χ3n) is 4.69. The number of aryl methyl sites for hydroxylation is 1. The van der Waals surface area contributed by atoms with Crippen molar-refractivity contribution in [3.05, 3.63) is 64.2 Å². The molecule has 1 heterocycles. The number of piperazine rings is 1. The minimum atomic E-state index is -0.578. The van der Waals surface area contributed by atoms with Gasteiger partial charge in [-0.1, -0.05) is 29.8 Å². The number of amides is 1. The van der Waals surface area contributed by atoms with Gasteiger partial charge in [-0.15, -0.1) is 0 Å². The van der Waals surface area contributed by atoms with E-state index in [2.05, 4.69) is 0 Å². The van der Waals surface area contributed by atoms with Gasteiger partial charge in [0.2, 0.25) is 0 Å². The molecule has 7 nitrogen and oxygen atoms in total. The lowest BCUT2D eigenvalue weighted by Gasteiger charge is -2.36. The monoisotopic (exact) mass is 369 g/mol. The van der Waals surface area contributed by atoms with Gasteiger partial charge in [-0.05, 0) is 32.0 Å². The molecule has 1 atom stereocenters. The molecular formula is C20H23N3O4. The van der Waals surface area contributed by atoms with Crippen LogP contribution in [0.4, 0.5) is 11.4 Å². The van der Waals surface area contributed by atoms with Crippen LogP contribution in [-0.2, 0) is 4.79 Å². The molecule has 27 heavy (non-hydrogen) atoms. The van der Waals surface area contributed by atoms with Gasteiger partial charge in [-0.25, -0.2) is 0 Å². The Bertz CT molecular complexity index is 814. The largest absolute Gasteiger partial charge is 0.481 e. The summed E-state index contributed by atoms with van der Waals surface area (Å²) in [4.78, 5) is 27.2. The summed E-state index contributed by atoms with van der Waals surface area (Å²) in [6.45, 7) is 5.85. The van der Waals surface area contributed by atoms with Crippen LogP contribution in [0, 0.1) is 17.0 Å². The van der Waals surface area contributed by atoms with E-state index in [9.17, 15) is 14.9 Å². The zero-order valence-electron chi connectivity index (χ0n) is 15.5. The molecule has 0 spiro atoms. The van der Waals surface area contributed by atoms with Gasteiger partial charge in [0.1, 0.15) is 11.4 Å². The highest BCUT2D eigenvalue weighted by Gasteiger charge is 2.28. The summed E-state index contributed by atoms with van der Waals surface area (Å²) in [6, 6.07) is 14.3. The van der Waals surface area contributed by atoms with Crippen molar-refractivity contribution in [1.29, 1.82) is 0 Å². The Morgan fingerprint density at radius 2 is 1.70 bits per heavy atom. The number of benzene rings is 2. The van der Waals surface area contributed by atoms with Gasteiger partial charge in [0.15, 0.2) is 6.10 Å². The van der Waals surface area contributed by atoms with E-state index in [-0.39, 0.29) is 16.5 Å². The fourth-order valence-electron chi connectivity index (χ4n) is 3.18. The molecule has 0 N–H and O–H groups in total. The molecule has 0 saturated carbocycles. The lowest BCUT2D eigenvalue weighted by molar-refractivity contribution is -0.384. The van der Waals surface area contributed by atoms with Crippen LogP contribution in [0.5, 0.6) is 5.75 Å². The number of ether oxygens (including phenoxy) is 1. The van der Waals surface area contributed by atoms with E-state index in [1.165, 1.54) is 6.07 Å². The summed E-state index contributed by atoms with van der Waals surface area (Å²) in [6.07, 6.45) is -0.578. The smallest absolute Gasteiger partial charge is 0.292 e. The lowest BCUT2D eigenvalue weighted by atomic mass is 10.2. The van der Waals surface area contributed by atoms with E-state index >= 15 is 0 Å². The van der Waals surface area contributed by atoms with Crippen molar-refractivity contribution in [3.63, 3.8) is 0 Å². The Morgan fingerprint density at radius 1 is 1.07 bits per heavy atom. The number of nitro benzene ring substituents is 1. The predicted molar refractivity (Wildman–Crippen MR) is 103 cm³/mol. The molecule has 1 aliphatic rings. The molecule has 0 aliphatic carbocycles. The van der Waals surface area contributed by atoms with E-state index in [4.69, 9.17) is 4.74 Å². The Morgan fingerprint density at radius 3 is 2.33 bits per heavy atom. The Balaban J connectivity index is 1.59. The van der Waals surface area contributed by atoms with E-state index in [0.717, 1.165) is 5.56 Å². The van der Waals surface area contributed by atoms with Crippen molar-refractivity contribution < 1.29 is 14.5 Å². The molecular weight excluding hydrogens is 346 g/mol. The molecule has 0 radical (unpaired) electrons. The van der Waals surface area contributed by atoms with Crippen LogP contribution in [0.2, 0.25) is 0 Å². The van der Waals surface area contributed by atoms with Gasteiger partial charge < -0.3 is 14.5 Å². The van der Waals surface area contributed by atoms with E-state index < -0.39 is 6.10 Å². The van der Waals surface area contributed by atoms with Crippen LogP contribution in [0.25, 0.3) is 0 Å². The summed E-state index contributed by atoms with van der Waals surface area (Å²) in [7, 11) is 0. The average molecular weight is 369 g/mol. The fourth-order valence-corrected chi connectivity index (χ4v) is 3.18. The SMILES string of the molecule is Cc1ccc(OC(C)C(=O)N2CCN(c3ccccc3[N+](=O)[O-])CC2)cc1. The first-order valence-electron chi connectivity index (χ1n) is 8.96. The predicted octanol–water partition coefficient (Wildman–Crippen LogP) is 3.02. The number of anilines is 1. The molecule has 1 unspecified atom stereocenters. The highest BCUT2D eigenvalue weighted by Crippen LogP contribution is 2.28. The maximum atomic E-state index is 12.7. The first kappa shape index (κ1) is 18.7. The molecule has 1 amide bonds. The van der Waals surface area contributed by atoms with Crippen LogP contribution in [0.1, 0.15) is 12.5 Å². The van der Waals surface area contributed by atoms with Gasteiger partial charge in [-0.3, -0.25) is 14.9 Å². The van der Waals surface area contributed by atoms with Gasteiger partial charge in [0.05, 0.1) is 4.92 Å². The van der Waals surface area contributed by atoms with Crippen molar-refractivity contribution in [1.82, 2.24) is 4.90 Å². The first-order valence-corrected chi connectivity index (χ1v) is 8.96. The van der Waals surface area contributed by atoms with Crippen molar-refractivity contribution in [2.75, 3.05) is 31.1 Å². The standard InChI is InChI=1S/C20H23N3O4/c1-15-7-9-17(10-8-15)27-16(2)20(24)22-13-11-21(12-14-22)18-5-3-4-6-19(18)23(25)26/h3-10,16H,11-14H2,1-2H3. The number of nitro groups is 1. The number of rotatable bonds is 5. The normalized spacial score (nSPS) is 15.3. The summed E-state index contributed by atoms with van der Waals surface area (Å²) < 4.78 is 5.75. The van der Waals surface area contributed by atoms with Crippen LogP contribution >= 0.6 is 0 Å². The quantitative estimate of drug-likeness (QED) is 0.598. The maximum absolute atomic E-state index is 12.7. The molecule has 142 valence electrons. The third kappa shape index (κ3) is 4.36. The van der Waals surface area contributed by atoms with E-state index in [0.29, 0.717) is 37.6 Å². The summed E-state index contributed by atoms with van der Waals surface area (Å²) >= 11 is 0. The third-order valence-corrected chi connectivity index (χ3v) is 4.69. The Hall–Kier alpha value is -3.09. The second-order valence-corrected chi connectivity index (χ2v) is 6.63. The molecule has 1 fully saturated rings. The summed E-state index contributed by atoms with van der Waals surface area (Å²) in [5, 5.41) is 11.2. The van der Waals surface area contributed by atoms with Gasteiger partial charge >= 0.3 is 0 Å². The van der Waals surface area contributed by atoms with E-state index in [1.807, 2.05) is 36.1 Å². The number of carbonyl (C=O) groups excluding carboxylic acids is 1. The first-order chi connectivity index (χ1) is 13.0. The number of carbonyl (C=O) groups is 1. The van der Waals surface area contributed by atoms with Gasteiger partial charge in [-0.2, -0.15) is 0 Å². The fraction of sp³-hybridized carbons (Fsp3) is 0.350. The lowest BCUT2D eigenvalue weighted by Crippen LogP contribution is -2.52. The second-order valence-electron chi connectivity index (χ2n) is 6.63. The van der Waals surface area contributed by atoms with Crippen LogP contribution in [-0.4, -0.2) is 48.0 Å². The minimum absolute atomic E-state index is 0.0715. The molecule has 2 aromatic carbocycles. The van der Waals surface area contributed by atoms with Crippen molar-refractivity contribution in [2.24, 2.45) is 0 Å².